The van der Waals surface area contributed by atoms with Crippen LogP contribution in [0, 0.1) is 6.92 Å². The summed E-state index contributed by atoms with van der Waals surface area (Å²) in [6.07, 6.45) is 0. The molecule has 1 atom stereocenters. The van der Waals surface area contributed by atoms with Gasteiger partial charge in [0, 0.05) is 18.6 Å². The van der Waals surface area contributed by atoms with Gasteiger partial charge in [0.15, 0.2) is 0 Å². The fourth-order valence-electron chi connectivity index (χ4n) is 3.56. The summed E-state index contributed by atoms with van der Waals surface area (Å²) in [4.78, 5) is 27.5. The van der Waals surface area contributed by atoms with E-state index < -0.39 is 28.5 Å². The number of nitrogens with zero attached hydrogens (tertiary/aromatic N) is 2. The van der Waals surface area contributed by atoms with Crippen molar-refractivity contribution in [3.8, 4) is 0 Å². The Bertz CT molecular complexity index is 1280. The van der Waals surface area contributed by atoms with E-state index in [-0.39, 0.29) is 17.3 Å². The number of hydrogen-bond donors (Lipinski definition) is 1. The van der Waals surface area contributed by atoms with Crippen molar-refractivity contribution < 1.29 is 18.0 Å². The molecule has 0 heterocycles. The maximum atomic E-state index is 13.6. The number of likely N-dealkylation sites (N-methyl/N-ethyl adjacent to an activating group) is 1. The first-order valence-corrected chi connectivity index (χ1v) is 12.9. The van der Waals surface area contributed by atoms with E-state index in [0.29, 0.717) is 16.3 Å². The molecule has 0 unspecified atom stereocenters. The van der Waals surface area contributed by atoms with Crippen LogP contribution in [-0.2, 0) is 26.2 Å². The van der Waals surface area contributed by atoms with Crippen LogP contribution in [0.15, 0.2) is 83.8 Å². The summed E-state index contributed by atoms with van der Waals surface area (Å²) < 4.78 is 28.3. The first-order chi connectivity index (χ1) is 16.6. The molecule has 0 bridgehead atoms. The summed E-state index contributed by atoms with van der Waals surface area (Å²) in [5, 5.41) is 3.00. The quantitative estimate of drug-likeness (QED) is 0.468. The molecule has 9 heteroatoms. The molecular formula is C26H28ClN3O4S. The van der Waals surface area contributed by atoms with Crippen LogP contribution >= 0.6 is 11.6 Å². The maximum absolute atomic E-state index is 13.6. The zero-order chi connectivity index (χ0) is 25.6. The van der Waals surface area contributed by atoms with Gasteiger partial charge >= 0.3 is 0 Å². The largest absolute Gasteiger partial charge is 0.357 e. The number of benzene rings is 3. The summed E-state index contributed by atoms with van der Waals surface area (Å²) in [5.41, 5.74) is 1.94. The van der Waals surface area contributed by atoms with Crippen LogP contribution in [-0.4, -0.2) is 44.8 Å². The third-order valence-corrected chi connectivity index (χ3v) is 7.80. The molecule has 35 heavy (non-hydrogen) atoms. The lowest BCUT2D eigenvalue weighted by Crippen LogP contribution is -2.50. The van der Waals surface area contributed by atoms with Gasteiger partial charge in [-0.1, -0.05) is 65.7 Å². The number of carbonyl (C=O) groups is 2. The van der Waals surface area contributed by atoms with Gasteiger partial charge in [0.05, 0.1) is 10.6 Å². The summed E-state index contributed by atoms with van der Waals surface area (Å²) >= 11 is 6.32. The standard InChI is InChI=1S/C26H28ClN3O4S/c1-19-13-15-22(16-14-19)30(35(33,34)23-10-5-4-6-11-23)18-25(31)29(20(2)26(32)28-3)17-21-9-7-8-12-24(21)27/h4-16,20H,17-18H2,1-3H3,(H,28,32)/t20-/m0/s1. The minimum atomic E-state index is -4.07. The number of carbonyl (C=O) groups excluding carboxylic acids is 2. The second-order valence-corrected chi connectivity index (χ2v) is 10.3. The highest BCUT2D eigenvalue weighted by Crippen LogP contribution is 2.25. The van der Waals surface area contributed by atoms with E-state index in [0.717, 1.165) is 9.87 Å². The van der Waals surface area contributed by atoms with Crippen molar-refractivity contribution in [2.45, 2.75) is 31.3 Å². The van der Waals surface area contributed by atoms with Crippen LogP contribution in [0.25, 0.3) is 0 Å². The molecular weight excluding hydrogens is 486 g/mol. The van der Waals surface area contributed by atoms with Crippen molar-refractivity contribution in [1.82, 2.24) is 10.2 Å². The molecule has 0 saturated carbocycles. The van der Waals surface area contributed by atoms with Gasteiger partial charge in [-0.15, -0.1) is 0 Å². The second kappa shape index (κ2) is 11.4. The molecule has 0 aliphatic rings. The van der Waals surface area contributed by atoms with Crippen molar-refractivity contribution in [2.24, 2.45) is 0 Å². The fraction of sp³-hybridized carbons (Fsp3) is 0.231. The van der Waals surface area contributed by atoms with Gasteiger partial charge in [-0.2, -0.15) is 0 Å². The third kappa shape index (κ3) is 6.21. The van der Waals surface area contributed by atoms with E-state index in [9.17, 15) is 18.0 Å². The van der Waals surface area contributed by atoms with Gasteiger partial charge in [0.2, 0.25) is 11.8 Å². The maximum Gasteiger partial charge on any atom is 0.264 e. The van der Waals surface area contributed by atoms with Gasteiger partial charge in [-0.3, -0.25) is 13.9 Å². The number of rotatable bonds is 9. The number of sulfonamides is 1. The Morgan fingerprint density at radius 2 is 1.54 bits per heavy atom. The lowest BCUT2D eigenvalue weighted by Gasteiger charge is -2.32. The monoisotopic (exact) mass is 513 g/mol. The first kappa shape index (κ1) is 26.2. The minimum absolute atomic E-state index is 0.0419. The number of anilines is 1. The molecule has 0 aromatic heterocycles. The van der Waals surface area contributed by atoms with Crippen molar-refractivity contribution in [3.63, 3.8) is 0 Å². The highest BCUT2D eigenvalue weighted by molar-refractivity contribution is 7.92. The van der Waals surface area contributed by atoms with Crippen LogP contribution in [0.5, 0.6) is 0 Å². The molecule has 0 saturated heterocycles. The van der Waals surface area contributed by atoms with Gasteiger partial charge in [-0.25, -0.2) is 8.42 Å². The summed E-state index contributed by atoms with van der Waals surface area (Å²) in [6.45, 7) is 3.03. The molecule has 3 aromatic rings. The van der Waals surface area contributed by atoms with Crippen LogP contribution in [0.2, 0.25) is 5.02 Å². The predicted molar refractivity (Wildman–Crippen MR) is 138 cm³/mol. The lowest BCUT2D eigenvalue weighted by atomic mass is 10.1. The Balaban J connectivity index is 2.02. The van der Waals surface area contributed by atoms with Crippen LogP contribution < -0.4 is 9.62 Å². The summed E-state index contributed by atoms with van der Waals surface area (Å²) in [7, 11) is -2.59. The molecule has 0 radical (unpaired) electrons. The third-order valence-electron chi connectivity index (χ3n) is 5.64. The van der Waals surface area contributed by atoms with E-state index in [4.69, 9.17) is 11.6 Å². The van der Waals surface area contributed by atoms with Crippen LogP contribution in [0.4, 0.5) is 5.69 Å². The molecule has 0 aliphatic heterocycles. The average Bonchev–Trinajstić information content (AvgIpc) is 2.86. The van der Waals surface area contributed by atoms with E-state index in [1.807, 2.05) is 6.92 Å². The molecule has 2 amide bonds. The molecule has 3 rings (SSSR count). The Kier molecular flexibility index (Phi) is 8.53. The Labute approximate surface area is 211 Å². The number of amides is 2. The molecule has 0 fully saturated rings. The average molecular weight is 514 g/mol. The molecule has 3 aromatic carbocycles. The molecule has 7 nitrogen and oxygen atoms in total. The molecule has 184 valence electrons. The highest BCUT2D eigenvalue weighted by Gasteiger charge is 2.32. The topological polar surface area (TPSA) is 86.8 Å². The fourth-order valence-corrected chi connectivity index (χ4v) is 5.19. The zero-order valence-electron chi connectivity index (χ0n) is 19.8. The van der Waals surface area contributed by atoms with Gasteiger partial charge in [0.25, 0.3) is 10.0 Å². The molecule has 0 spiro atoms. The Morgan fingerprint density at radius 3 is 2.14 bits per heavy atom. The number of aryl methyl sites for hydroxylation is 1. The summed E-state index contributed by atoms with van der Waals surface area (Å²) in [6, 6.07) is 21.0. The second-order valence-electron chi connectivity index (χ2n) is 8.06. The first-order valence-electron chi connectivity index (χ1n) is 11.0. The number of nitrogens with one attached hydrogen (secondary N) is 1. The lowest BCUT2D eigenvalue weighted by molar-refractivity contribution is -0.139. The van der Waals surface area contributed by atoms with Crippen molar-refractivity contribution >= 4 is 39.1 Å². The van der Waals surface area contributed by atoms with E-state index in [2.05, 4.69) is 5.32 Å². The van der Waals surface area contributed by atoms with E-state index in [1.54, 1.807) is 73.7 Å². The number of hydrogen-bond acceptors (Lipinski definition) is 4. The predicted octanol–water partition coefficient (Wildman–Crippen LogP) is 4.01. The Hall–Kier alpha value is -3.36. The van der Waals surface area contributed by atoms with E-state index >= 15 is 0 Å². The SMILES string of the molecule is CNC(=O)[C@H](C)N(Cc1ccccc1Cl)C(=O)CN(c1ccc(C)cc1)S(=O)(=O)c1ccccc1. The Morgan fingerprint density at radius 1 is 0.943 bits per heavy atom. The molecule has 0 aliphatic carbocycles. The van der Waals surface area contributed by atoms with Gasteiger partial charge < -0.3 is 10.2 Å². The summed E-state index contributed by atoms with van der Waals surface area (Å²) in [5.74, 6) is -0.917. The van der Waals surface area contributed by atoms with Gasteiger partial charge in [0.1, 0.15) is 12.6 Å². The van der Waals surface area contributed by atoms with Crippen molar-refractivity contribution in [2.75, 3.05) is 17.9 Å². The number of halogens is 1. The smallest absolute Gasteiger partial charge is 0.264 e. The van der Waals surface area contributed by atoms with Crippen LogP contribution in [0.3, 0.4) is 0 Å². The van der Waals surface area contributed by atoms with Crippen LogP contribution in [0.1, 0.15) is 18.1 Å². The van der Waals surface area contributed by atoms with Gasteiger partial charge in [-0.05, 0) is 49.7 Å². The van der Waals surface area contributed by atoms with E-state index in [1.165, 1.54) is 24.1 Å². The van der Waals surface area contributed by atoms with Crippen molar-refractivity contribution in [1.29, 1.82) is 0 Å². The minimum Gasteiger partial charge on any atom is -0.357 e. The highest BCUT2D eigenvalue weighted by atomic mass is 35.5. The zero-order valence-corrected chi connectivity index (χ0v) is 21.4. The molecule has 1 N–H and O–H groups in total. The van der Waals surface area contributed by atoms with Crippen molar-refractivity contribution in [3.05, 3.63) is 95.0 Å². The normalized spacial score (nSPS) is 12.0.